The van der Waals surface area contributed by atoms with Crippen molar-refractivity contribution in [3.63, 3.8) is 0 Å². The first-order valence-corrected chi connectivity index (χ1v) is 7.61. The minimum Gasteiger partial charge on any atom is -0.406 e. The first kappa shape index (κ1) is 16.7. The number of rotatable bonds is 4. The second-order valence-electron chi connectivity index (χ2n) is 4.75. The van der Waals surface area contributed by atoms with Gasteiger partial charge in [0.25, 0.3) is 0 Å². The summed E-state index contributed by atoms with van der Waals surface area (Å²) in [4.78, 5) is 6.07. The highest BCUT2D eigenvalue weighted by atomic mass is 32.1. The smallest absolute Gasteiger partial charge is 0.406 e. The van der Waals surface area contributed by atoms with Crippen LogP contribution in [-0.2, 0) is 0 Å². The highest BCUT2D eigenvalue weighted by Gasteiger charge is 2.31. The lowest BCUT2D eigenvalue weighted by molar-refractivity contribution is -0.274. The van der Waals surface area contributed by atoms with Gasteiger partial charge in [-0.2, -0.15) is 15.6 Å². The molecule has 1 N–H and O–H groups in total. The molecule has 0 aliphatic heterocycles. The van der Waals surface area contributed by atoms with E-state index in [1.54, 1.807) is 17.3 Å². The lowest BCUT2D eigenvalue weighted by Crippen LogP contribution is -2.17. The number of alkyl halides is 3. The van der Waals surface area contributed by atoms with E-state index in [2.05, 4.69) is 25.1 Å². The van der Waals surface area contributed by atoms with Crippen molar-refractivity contribution in [1.82, 2.24) is 20.4 Å². The zero-order valence-corrected chi connectivity index (χ0v) is 13.4. The summed E-state index contributed by atoms with van der Waals surface area (Å²) >= 11 is 1.30. The molecular formula is C14H9F3N6OS. The Bertz CT molecular complexity index is 912. The summed E-state index contributed by atoms with van der Waals surface area (Å²) < 4.78 is 40.4. The lowest BCUT2D eigenvalue weighted by Gasteiger charge is -2.16. The predicted molar refractivity (Wildman–Crippen MR) is 83.4 cm³/mol. The molecule has 0 amide bonds. The van der Waals surface area contributed by atoms with Crippen molar-refractivity contribution in [2.24, 2.45) is 0 Å². The zero-order valence-electron chi connectivity index (χ0n) is 12.6. The number of aromatic nitrogens is 4. The summed E-state index contributed by atoms with van der Waals surface area (Å²) in [6.45, 7) is 0. The van der Waals surface area contributed by atoms with Crippen molar-refractivity contribution in [3.05, 3.63) is 35.3 Å². The standard InChI is InChI=1S/C14H9F3N6OS/c1-23(8-2-4-9(5-3-8)24-14(15,16)17)13-19-11(7-25-13)12-10(6-18)20-22-21-12/h2-5,7H,1H3,(H,20,21,22). The van der Waals surface area contributed by atoms with E-state index in [1.807, 2.05) is 6.07 Å². The topological polar surface area (TPSA) is 90.7 Å². The van der Waals surface area contributed by atoms with Crippen LogP contribution in [0.5, 0.6) is 5.75 Å². The second kappa shape index (κ2) is 6.40. The maximum absolute atomic E-state index is 12.2. The Balaban J connectivity index is 1.80. The molecule has 2 aromatic heterocycles. The molecule has 2 heterocycles. The van der Waals surface area contributed by atoms with Crippen molar-refractivity contribution in [3.8, 4) is 23.2 Å². The summed E-state index contributed by atoms with van der Waals surface area (Å²) in [6, 6.07) is 7.32. The van der Waals surface area contributed by atoms with Crippen LogP contribution in [0.1, 0.15) is 5.69 Å². The summed E-state index contributed by atoms with van der Waals surface area (Å²) in [5, 5.41) is 21.2. The van der Waals surface area contributed by atoms with Crippen molar-refractivity contribution in [2.75, 3.05) is 11.9 Å². The molecule has 3 aromatic rings. The molecule has 0 fully saturated rings. The maximum atomic E-state index is 12.2. The Morgan fingerprint density at radius 3 is 2.60 bits per heavy atom. The van der Waals surface area contributed by atoms with E-state index in [9.17, 15) is 13.2 Å². The van der Waals surface area contributed by atoms with Gasteiger partial charge in [-0.15, -0.1) is 29.6 Å². The average Bonchev–Trinajstić information content (AvgIpc) is 3.22. The summed E-state index contributed by atoms with van der Waals surface area (Å²) in [5.74, 6) is -0.300. The molecule has 0 saturated heterocycles. The first-order valence-electron chi connectivity index (χ1n) is 6.73. The lowest BCUT2D eigenvalue weighted by atomic mass is 10.3. The number of nitrogens with zero attached hydrogens (tertiary/aromatic N) is 5. The Hall–Kier alpha value is -3.13. The van der Waals surface area contributed by atoms with Crippen LogP contribution in [0.2, 0.25) is 0 Å². The van der Waals surface area contributed by atoms with Gasteiger partial charge in [-0.3, -0.25) is 0 Å². The number of hydrogen-bond donors (Lipinski definition) is 1. The van der Waals surface area contributed by atoms with Crippen molar-refractivity contribution < 1.29 is 17.9 Å². The van der Waals surface area contributed by atoms with E-state index in [0.29, 0.717) is 22.2 Å². The van der Waals surface area contributed by atoms with Crippen molar-refractivity contribution in [1.29, 1.82) is 5.26 Å². The van der Waals surface area contributed by atoms with Gasteiger partial charge in [0.05, 0.1) is 0 Å². The van der Waals surface area contributed by atoms with Crippen LogP contribution in [0.3, 0.4) is 0 Å². The zero-order chi connectivity index (χ0) is 18.0. The van der Waals surface area contributed by atoms with Crippen LogP contribution in [-0.4, -0.2) is 33.8 Å². The molecule has 0 saturated carbocycles. The molecule has 25 heavy (non-hydrogen) atoms. The van der Waals surface area contributed by atoms with Crippen molar-refractivity contribution in [2.45, 2.75) is 6.36 Å². The van der Waals surface area contributed by atoms with Gasteiger partial charge in [-0.05, 0) is 24.3 Å². The highest BCUT2D eigenvalue weighted by Crippen LogP contribution is 2.32. The Morgan fingerprint density at radius 1 is 1.24 bits per heavy atom. The molecule has 7 nitrogen and oxygen atoms in total. The second-order valence-corrected chi connectivity index (χ2v) is 5.59. The normalized spacial score (nSPS) is 11.2. The molecule has 128 valence electrons. The van der Waals surface area contributed by atoms with Crippen LogP contribution in [0.4, 0.5) is 24.0 Å². The minimum absolute atomic E-state index is 0.133. The van der Waals surface area contributed by atoms with E-state index in [-0.39, 0.29) is 11.4 Å². The SMILES string of the molecule is CN(c1ccc(OC(F)(F)F)cc1)c1nc(-c2n[nH]nc2C#N)cs1. The van der Waals surface area contributed by atoms with E-state index in [4.69, 9.17) is 5.26 Å². The van der Waals surface area contributed by atoms with E-state index in [1.165, 1.54) is 35.6 Å². The van der Waals surface area contributed by atoms with Crippen LogP contribution in [0.25, 0.3) is 11.4 Å². The fourth-order valence-electron chi connectivity index (χ4n) is 2.00. The van der Waals surface area contributed by atoms with Gasteiger partial charge < -0.3 is 9.64 Å². The number of nitrogens with one attached hydrogen (secondary N) is 1. The van der Waals surface area contributed by atoms with E-state index < -0.39 is 6.36 Å². The Labute approximate surface area is 143 Å². The highest BCUT2D eigenvalue weighted by molar-refractivity contribution is 7.14. The molecule has 0 aliphatic rings. The van der Waals surface area contributed by atoms with Crippen molar-refractivity contribution >= 4 is 22.2 Å². The third kappa shape index (κ3) is 3.69. The molecule has 0 radical (unpaired) electrons. The number of H-pyrrole nitrogens is 1. The van der Waals surface area contributed by atoms with Crippen LogP contribution >= 0.6 is 11.3 Å². The van der Waals surface area contributed by atoms with Gasteiger partial charge in [0, 0.05) is 18.1 Å². The summed E-state index contributed by atoms with van der Waals surface area (Å²) in [6.07, 6.45) is -4.73. The third-order valence-electron chi connectivity index (χ3n) is 3.13. The number of nitriles is 1. The molecular weight excluding hydrogens is 357 g/mol. The number of halogens is 3. The fraction of sp³-hybridized carbons (Fsp3) is 0.143. The summed E-state index contributed by atoms with van der Waals surface area (Å²) in [7, 11) is 1.72. The minimum atomic E-state index is -4.73. The first-order chi connectivity index (χ1) is 11.9. The van der Waals surface area contributed by atoms with Crippen LogP contribution in [0.15, 0.2) is 29.6 Å². The number of ether oxygens (including phenoxy) is 1. The largest absolute Gasteiger partial charge is 0.573 e. The van der Waals surface area contributed by atoms with Gasteiger partial charge >= 0.3 is 6.36 Å². The molecule has 0 unspecified atom stereocenters. The monoisotopic (exact) mass is 366 g/mol. The van der Waals surface area contributed by atoms with Gasteiger partial charge in [-0.1, -0.05) is 0 Å². The van der Waals surface area contributed by atoms with Crippen LogP contribution < -0.4 is 9.64 Å². The van der Waals surface area contributed by atoms with Gasteiger partial charge in [0.1, 0.15) is 23.2 Å². The van der Waals surface area contributed by atoms with Gasteiger partial charge in [0.2, 0.25) is 0 Å². The third-order valence-corrected chi connectivity index (χ3v) is 4.05. The molecule has 0 aliphatic carbocycles. The predicted octanol–water partition coefficient (Wildman–Crippen LogP) is 3.47. The molecule has 1 aromatic carbocycles. The van der Waals surface area contributed by atoms with E-state index in [0.717, 1.165) is 0 Å². The molecule has 0 atom stereocenters. The Morgan fingerprint density at radius 2 is 1.96 bits per heavy atom. The van der Waals surface area contributed by atoms with E-state index >= 15 is 0 Å². The number of thiazole rings is 1. The maximum Gasteiger partial charge on any atom is 0.573 e. The summed E-state index contributed by atoms with van der Waals surface area (Å²) in [5.41, 5.74) is 1.57. The number of anilines is 2. The van der Waals surface area contributed by atoms with Gasteiger partial charge in [0.15, 0.2) is 10.8 Å². The Kier molecular flexibility index (Phi) is 4.28. The molecule has 0 bridgehead atoms. The average molecular weight is 366 g/mol. The fourth-order valence-corrected chi connectivity index (χ4v) is 2.79. The number of benzene rings is 1. The van der Waals surface area contributed by atoms with Crippen LogP contribution in [0, 0.1) is 11.3 Å². The molecule has 3 rings (SSSR count). The number of hydrogen-bond acceptors (Lipinski definition) is 7. The molecule has 0 spiro atoms. The molecule has 11 heteroatoms. The quantitative estimate of drug-likeness (QED) is 0.760. The number of aromatic amines is 1. The van der Waals surface area contributed by atoms with Gasteiger partial charge in [-0.25, -0.2) is 4.98 Å².